The van der Waals surface area contributed by atoms with E-state index in [-0.39, 0.29) is 10.7 Å². The van der Waals surface area contributed by atoms with Gasteiger partial charge in [-0.2, -0.15) is 4.31 Å². The van der Waals surface area contributed by atoms with Crippen molar-refractivity contribution in [1.82, 2.24) is 8.71 Å². The van der Waals surface area contributed by atoms with E-state index in [2.05, 4.69) is 0 Å². The number of ether oxygens (including phenoxy) is 1. The Hall–Kier alpha value is -3.26. The predicted octanol–water partition coefficient (Wildman–Crippen LogP) is 3.86. The molecular weight excluding hydrogens is 424 g/mol. The Morgan fingerprint density at radius 2 is 1.53 bits per heavy atom. The van der Waals surface area contributed by atoms with Crippen LogP contribution in [0.5, 0.6) is 0 Å². The molecule has 0 radical (unpaired) electrons. The van der Waals surface area contributed by atoms with Crippen LogP contribution in [0.25, 0.3) is 16.6 Å². The molecule has 0 N–H and O–H groups in total. The van der Waals surface area contributed by atoms with Crippen LogP contribution in [0.1, 0.15) is 16.1 Å². The van der Waals surface area contributed by atoms with E-state index in [1.807, 2.05) is 53.1 Å². The van der Waals surface area contributed by atoms with Crippen molar-refractivity contribution in [2.45, 2.75) is 4.90 Å². The lowest BCUT2D eigenvalue weighted by atomic mass is 10.0. The number of carbonyl (C=O) groups is 1. The van der Waals surface area contributed by atoms with Gasteiger partial charge >= 0.3 is 0 Å². The minimum atomic E-state index is -3.57. The van der Waals surface area contributed by atoms with E-state index in [0.717, 1.165) is 16.6 Å². The summed E-state index contributed by atoms with van der Waals surface area (Å²) in [5, 5.41) is 0. The molecule has 0 amide bonds. The Bertz CT molecular complexity index is 1370. The van der Waals surface area contributed by atoms with Crippen molar-refractivity contribution < 1.29 is 17.9 Å². The standard InChI is InChI=1S/C25H22N2O4S/c28-25(20-6-2-1-3-7-20)24-23(18-21-8-4-5-13-27(21)24)19-9-11-22(12-10-19)32(29,30)26-14-16-31-17-15-26/h1-13,18H,14-17H2. The molecular formula is C25H22N2O4S. The van der Waals surface area contributed by atoms with Crippen molar-refractivity contribution in [3.8, 4) is 11.1 Å². The van der Waals surface area contributed by atoms with E-state index in [4.69, 9.17) is 4.74 Å². The Morgan fingerprint density at radius 1 is 0.844 bits per heavy atom. The van der Waals surface area contributed by atoms with Gasteiger partial charge in [-0.15, -0.1) is 0 Å². The maximum absolute atomic E-state index is 13.4. The van der Waals surface area contributed by atoms with Crippen molar-refractivity contribution in [3.63, 3.8) is 0 Å². The minimum Gasteiger partial charge on any atom is -0.379 e. The Morgan fingerprint density at radius 3 is 2.25 bits per heavy atom. The highest BCUT2D eigenvalue weighted by Crippen LogP contribution is 2.31. The lowest BCUT2D eigenvalue weighted by Gasteiger charge is -2.26. The zero-order chi connectivity index (χ0) is 22.1. The smallest absolute Gasteiger partial charge is 0.243 e. The van der Waals surface area contributed by atoms with Gasteiger partial charge in [0.05, 0.1) is 18.1 Å². The zero-order valence-corrected chi connectivity index (χ0v) is 18.2. The number of hydrogen-bond donors (Lipinski definition) is 0. The summed E-state index contributed by atoms with van der Waals surface area (Å²) in [6, 6.07) is 23.6. The number of carbonyl (C=O) groups excluding carboxylic acids is 1. The van der Waals surface area contributed by atoms with E-state index in [9.17, 15) is 13.2 Å². The van der Waals surface area contributed by atoms with Gasteiger partial charge in [-0.1, -0.05) is 48.5 Å². The second kappa shape index (κ2) is 8.35. The summed E-state index contributed by atoms with van der Waals surface area (Å²) >= 11 is 0. The number of rotatable bonds is 5. The Kier molecular flexibility index (Phi) is 5.38. The normalized spacial score (nSPS) is 15.1. The lowest BCUT2D eigenvalue weighted by Crippen LogP contribution is -2.40. The zero-order valence-electron chi connectivity index (χ0n) is 17.3. The number of aromatic nitrogens is 1. The van der Waals surface area contributed by atoms with E-state index < -0.39 is 10.0 Å². The van der Waals surface area contributed by atoms with Crippen LogP contribution in [0.3, 0.4) is 0 Å². The fourth-order valence-corrected chi connectivity index (χ4v) is 5.45. The van der Waals surface area contributed by atoms with Gasteiger partial charge in [-0.25, -0.2) is 8.42 Å². The molecule has 6 nitrogen and oxygen atoms in total. The molecule has 0 bridgehead atoms. The van der Waals surface area contributed by atoms with Crippen molar-refractivity contribution in [3.05, 3.63) is 96.3 Å². The molecule has 1 aliphatic heterocycles. The lowest BCUT2D eigenvalue weighted by molar-refractivity contribution is 0.0730. The van der Waals surface area contributed by atoms with Gasteiger partial charge in [0.15, 0.2) is 0 Å². The number of sulfonamides is 1. The van der Waals surface area contributed by atoms with Crippen molar-refractivity contribution in [1.29, 1.82) is 0 Å². The maximum atomic E-state index is 13.4. The monoisotopic (exact) mass is 446 g/mol. The van der Waals surface area contributed by atoms with Crippen LogP contribution >= 0.6 is 0 Å². The summed E-state index contributed by atoms with van der Waals surface area (Å²) in [6.07, 6.45) is 1.87. The first kappa shape index (κ1) is 20.6. The molecule has 2 aromatic carbocycles. The highest BCUT2D eigenvalue weighted by molar-refractivity contribution is 7.89. The first-order valence-electron chi connectivity index (χ1n) is 10.4. The molecule has 0 unspecified atom stereocenters. The van der Waals surface area contributed by atoms with Crippen LogP contribution in [0, 0.1) is 0 Å². The van der Waals surface area contributed by atoms with Gasteiger partial charge in [-0.05, 0) is 35.9 Å². The molecule has 0 aliphatic carbocycles. The van der Waals surface area contributed by atoms with E-state index >= 15 is 0 Å². The molecule has 0 saturated carbocycles. The summed E-state index contributed by atoms with van der Waals surface area (Å²) in [7, 11) is -3.57. The SMILES string of the molecule is O=C(c1ccccc1)c1c(-c2ccc(S(=O)(=O)N3CCOCC3)cc2)cc2ccccn12. The number of ketones is 1. The molecule has 162 valence electrons. The third kappa shape index (κ3) is 3.64. The highest BCUT2D eigenvalue weighted by Gasteiger charge is 2.27. The summed E-state index contributed by atoms with van der Waals surface area (Å²) in [5.41, 5.74) is 3.60. The number of hydrogen-bond acceptors (Lipinski definition) is 4. The molecule has 3 heterocycles. The quantitative estimate of drug-likeness (QED) is 0.437. The molecule has 0 spiro atoms. The molecule has 4 aromatic rings. The predicted molar refractivity (Wildman–Crippen MR) is 122 cm³/mol. The first-order valence-corrected chi connectivity index (χ1v) is 11.9. The molecule has 7 heteroatoms. The van der Waals surface area contributed by atoms with Crippen LogP contribution < -0.4 is 0 Å². The minimum absolute atomic E-state index is 0.0863. The van der Waals surface area contributed by atoms with E-state index in [1.165, 1.54) is 4.31 Å². The highest BCUT2D eigenvalue weighted by atomic mass is 32.2. The van der Waals surface area contributed by atoms with Gasteiger partial charge in [0.1, 0.15) is 5.69 Å². The number of fused-ring (bicyclic) bond motifs is 1. The average Bonchev–Trinajstić information content (AvgIpc) is 3.24. The number of pyridine rings is 1. The fraction of sp³-hybridized carbons (Fsp3) is 0.160. The van der Waals surface area contributed by atoms with Crippen molar-refractivity contribution in [2.24, 2.45) is 0 Å². The first-order chi connectivity index (χ1) is 15.6. The summed E-state index contributed by atoms with van der Waals surface area (Å²) in [5.74, 6) is -0.0863. The third-order valence-corrected chi connectivity index (χ3v) is 7.62. The molecule has 1 aliphatic rings. The summed E-state index contributed by atoms with van der Waals surface area (Å²) in [4.78, 5) is 13.7. The molecule has 32 heavy (non-hydrogen) atoms. The molecule has 1 saturated heterocycles. The van der Waals surface area contributed by atoms with Crippen LogP contribution in [-0.2, 0) is 14.8 Å². The Labute approximate surface area is 186 Å². The van der Waals surface area contributed by atoms with Gasteiger partial charge in [-0.3, -0.25) is 4.79 Å². The summed E-state index contributed by atoms with van der Waals surface area (Å²) in [6.45, 7) is 1.51. The third-order valence-electron chi connectivity index (χ3n) is 5.70. The second-order valence-corrected chi connectivity index (χ2v) is 9.58. The maximum Gasteiger partial charge on any atom is 0.243 e. The second-order valence-electron chi connectivity index (χ2n) is 7.64. The number of morpholine rings is 1. The summed E-state index contributed by atoms with van der Waals surface area (Å²) < 4.78 is 34.5. The largest absolute Gasteiger partial charge is 0.379 e. The van der Waals surface area contributed by atoms with Gasteiger partial charge < -0.3 is 9.14 Å². The number of nitrogens with zero attached hydrogens (tertiary/aromatic N) is 2. The van der Waals surface area contributed by atoms with Gasteiger partial charge in [0, 0.05) is 35.9 Å². The van der Waals surface area contributed by atoms with Crippen LogP contribution in [0.15, 0.2) is 90.0 Å². The van der Waals surface area contributed by atoms with Crippen LogP contribution in [0.2, 0.25) is 0 Å². The van der Waals surface area contributed by atoms with Gasteiger partial charge in [0.2, 0.25) is 15.8 Å². The number of benzene rings is 2. The van der Waals surface area contributed by atoms with Crippen LogP contribution in [0.4, 0.5) is 0 Å². The van der Waals surface area contributed by atoms with Crippen molar-refractivity contribution in [2.75, 3.05) is 26.3 Å². The van der Waals surface area contributed by atoms with E-state index in [0.29, 0.717) is 37.6 Å². The molecule has 2 aromatic heterocycles. The van der Waals surface area contributed by atoms with Crippen LogP contribution in [-0.4, -0.2) is 49.2 Å². The van der Waals surface area contributed by atoms with Crippen molar-refractivity contribution >= 4 is 21.3 Å². The van der Waals surface area contributed by atoms with Gasteiger partial charge in [0.25, 0.3) is 0 Å². The molecule has 0 atom stereocenters. The van der Waals surface area contributed by atoms with E-state index in [1.54, 1.807) is 36.4 Å². The fourth-order valence-electron chi connectivity index (χ4n) is 4.04. The Balaban J connectivity index is 1.57. The molecule has 5 rings (SSSR count). The average molecular weight is 447 g/mol. The molecule has 1 fully saturated rings. The topological polar surface area (TPSA) is 68.1 Å².